The zero-order chi connectivity index (χ0) is 22.6. The monoisotopic (exact) mass is 426 g/mol. The number of aliphatic imine (C=N–C) groups is 1. The minimum Gasteiger partial charge on any atom is -0.493 e. The lowest BCUT2D eigenvalue weighted by atomic mass is 10.1. The summed E-state index contributed by atoms with van der Waals surface area (Å²) < 4.78 is 11.2. The van der Waals surface area contributed by atoms with Crippen molar-refractivity contribution in [2.45, 2.75) is 26.3 Å². The number of amides is 1. The fourth-order valence-electron chi connectivity index (χ4n) is 3.00. The third-order valence-corrected chi connectivity index (χ3v) is 4.66. The van der Waals surface area contributed by atoms with E-state index in [4.69, 9.17) is 9.47 Å². The molecule has 31 heavy (non-hydrogen) atoms. The second-order valence-electron chi connectivity index (χ2n) is 7.34. The Hall–Kier alpha value is -3.22. The van der Waals surface area contributed by atoms with Crippen molar-refractivity contribution in [1.29, 1.82) is 0 Å². The lowest BCUT2D eigenvalue weighted by Crippen LogP contribution is -2.37. The fraction of sp³-hybridized carbons (Fsp3) is 0.417. The van der Waals surface area contributed by atoms with Crippen LogP contribution in [-0.4, -0.2) is 58.2 Å². The van der Waals surface area contributed by atoms with E-state index in [0.717, 1.165) is 35.5 Å². The highest BCUT2D eigenvalue weighted by molar-refractivity contribution is 5.94. The molecular formula is C24H34N4O3. The van der Waals surface area contributed by atoms with Crippen LogP contribution in [0.5, 0.6) is 11.5 Å². The van der Waals surface area contributed by atoms with Gasteiger partial charge in [0.2, 0.25) is 0 Å². The van der Waals surface area contributed by atoms with E-state index < -0.39 is 0 Å². The van der Waals surface area contributed by atoms with Crippen molar-refractivity contribution in [1.82, 2.24) is 15.5 Å². The van der Waals surface area contributed by atoms with Gasteiger partial charge < -0.3 is 25.0 Å². The van der Waals surface area contributed by atoms with Gasteiger partial charge in [0.05, 0.1) is 13.7 Å². The highest BCUT2D eigenvalue weighted by Gasteiger charge is 2.09. The number of hydrogen-bond donors (Lipinski definition) is 2. The van der Waals surface area contributed by atoms with Crippen molar-refractivity contribution in [2.75, 3.05) is 41.4 Å². The molecule has 1 amide bonds. The van der Waals surface area contributed by atoms with E-state index in [1.807, 2.05) is 42.5 Å². The van der Waals surface area contributed by atoms with Crippen LogP contribution < -0.4 is 20.1 Å². The summed E-state index contributed by atoms with van der Waals surface area (Å²) in [5, 5.41) is 6.63. The van der Waals surface area contributed by atoms with Gasteiger partial charge in [-0.15, -0.1) is 0 Å². The van der Waals surface area contributed by atoms with E-state index in [9.17, 15) is 4.79 Å². The van der Waals surface area contributed by atoms with Crippen molar-refractivity contribution in [2.24, 2.45) is 4.99 Å². The molecule has 0 atom stereocenters. The molecule has 0 aliphatic carbocycles. The molecule has 2 N–H and O–H groups in total. The smallest absolute Gasteiger partial charge is 0.253 e. The average molecular weight is 427 g/mol. The molecule has 2 aromatic rings. The zero-order valence-corrected chi connectivity index (χ0v) is 19.2. The van der Waals surface area contributed by atoms with E-state index in [1.165, 1.54) is 0 Å². The van der Waals surface area contributed by atoms with Gasteiger partial charge in [-0.3, -0.25) is 9.79 Å². The number of nitrogens with one attached hydrogen (secondary N) is 2. The summed E-state index contributed by atoms with van der Waals surface area (Å²) in [5.74, 6) is 2.20. The standard InChI is InChI=1S/C24H34N4O3/c1-6-14-31-21-11-10-19(16-22(21)30-5)17-27-24(25-2)26-13-12-18-8-7-9-20(15-18)23(29)28(3)4/h7-11,15-16H,6,12-14,17H2,1-5H3,(H2,25,26,27). The first-order chi connectivity index (χ1) is 15.0. The molecule has 0 radical (unpaired) electrons. The van der Waals surface area contributed by atoms with E-state index in [2.05, 4.69) is 22.5 Å². The van der Waals surface area contributed by atoms with Crippen molar-refractivity contribution < 1.29 is 14.3 Å². The summed E-state index contributed by atoms with van der Waals surface area (Å²) in [4.78, 5) is 18.0. The van der Waals surface area contributed by atoms with E-state index in [1.54, 1.807) is 33.2 Å². The largest absolute Gasteiger partial charge is 0.493 e. The van der Waals surface area contributed by atoms with Crippen LogP contribution in [0.1, 0.15) is 34.8 Å². The van der Waals surface area contributed by atoms with Crippen molar-refractivity contribution in [3.05, 3.63) is 59.2 Å². The van der Waals surface area contributed by atoms with Crippen LogP contribution in [0.4, 0.5) is 0 Å². The second kappa shape index (κ2) is 12.5. The predicted molar refractivity (Wildman–Crippen MR) is 125 cm³/mol. The fourth-order valence-corrected chi connectivity index (χ4v) is 3.00. The number of hydrogen-bond acceptors (Lipinski definition) is 4. The minimum absolute atomic E-state index is 0.00817. The maximum atomic E-state index is 12.1. The summed E-state index contributed by atoms with van der Waals surface area (Å²) in [5.41, 5.74) is 2.87. The molecule has 0 bridgehead atoms. The summed E-state index contributed by atoms with van der Waals surface area (Å²) in [7, 11) is 6.90. The molecule has 0 fully saturated rings. The van der Waals surface area contributed by atoms with Crippen LogP contribution >= 0.6 is 0 Å². The molecule has 0 aliphatic heterocycles. The first-order valence-electron chi connectivity index (χ1n) is 10.5. The molecule has 2 aromatic carbocycles. The van der Waals surface area contributed by atoms with Gasteiger partial charge in [0.1, 0.15) is 0 Å². The number of methoxy groups -OCH3 is 1. The molecule has 0 unspecified atom stereocenters. The maximum Gasteiger partial charge on any atom is 0.253 e. The number of guanidine groups is 1. The van der Waals surface area contributed by atoms with E-state index in [0.29, 0.717) is 31.2 Å². The normalized spacial score (nSPS) is 11.1. The van der Waals surface area contributed by atoms with Crippen molar-refractivity contribution in [3.63, 3.8) is 0 Å². The Kier molecular flexibility index (Phi) is 9.68. The number of ether oxygens (including phenoxy) is 2. The lowest BCUT2D eigenvalue weighted by Gasteiger charge is -2.15. The van der Waals surface area contributed by atoms with Gasteiger partial charge in [-0.2, -0.15) is 0 Å². The van der Waals surface area contributed by atoms with Gasteiger partial charge in [0.15, 0.2) is 17.5 Å². The Labute approximate surface area is 185 Å². The van der Waals surface area contributed by atoms with Crippen LogP contribution in [0.25, 0.3) is 0 Å². The molecule has 7 nitrogen and oxygen atoms in total. The molecule has 0 spiro atoms. The maximum absolute atomic E-state index is 12.1. The topological polar surface area (TPSA) is 75.2 Å². The molecule has 7 heteroatoms. The Balaban J connectivity index is 1.87. The Morgan fingerprint density at radius 2 is 1.87 bits per heavy atom. The zero-order valence-electron chi connectivity index (χ0n) is 19.2. The number of carbonyl (C=O) groups is 1. The molecule has 2 rings (SSSR count). The highest BCUT2D eigenvalue weighted by Crippen LogP contribution is 2.28. The van der Waals surface area contributed by atoms with Gasteiger partial charge in [0.25, 0.3) is 5.91 Å². The molecule has 0 saturated heterocycles. The number of nitrogens with zero attached hydrogens (tertiary/aromatic N) is 2. The van der Waals surface area contributed by atoms with Gasteiger partial charge in [-0.1, -0.05) is 25.1 Å². The molecule has 168 valence electrons. The molecular weight excluding hydrogens is 392 g/mol. The van der Waals surface area contributed by atoms with Crippen LogP contribution in [0.15, 0.2) is 47.5 Å². The van der Waals surface area contributed by atoms with Gasteiger partial charge in [0, 0.05) is 39.8 Å². The molecule has 0 aliphatic rings. The summed E-state index contributed by atoms with van der Waals surface area (Å²) in [6.45, 7) is 4.05. The third kappa shape index (κ3) is 7.51. The van der Waals surface area contributed by atoms with Crippen LogP contribution in [0.3, 0.4) is 0 Å². The van der Waals surface area contributed by atoms with Crippen LogP contribution in [0.2, 0.25) is 0 Å². The van der Waals surface area contributed by atoms with E-state index in [-0.39, 0.29) is 5.91 Å². The first kappa shape index (κ1) is 24.1. The van der Waals surface area contributed by atoms with E-state index >= 15 is 0 Å². The number of rotatable bonds is 10. The first-order valence-corrected chi connectivity index (χ1v) is 10.5. The Bertz CT molecular complexity index is 881. The Morgan fingerprint density at radius 1 is 1.06 bits per heavy atom. The summed E-state index contributed by atoms with van der Waals surface area (Å²) in [6, 6.07) is 13.6. The quantitative estimate of drug-likeness (QED) is 0.451. The number of carbonyl (C=O) groups excluding carboxylic acids is 1. The van der Waals surface area contributed by atoms with Gasteiger partial charge in [-0.25, -0.2) is 0 Å². The van der Waals surface area contributed by atoms with Crippen LogP contribution in [-0.2, 0) is 13.0 Å². The molecule has 0 aromatic heterocycles. The number of benzene rings is 2. The third-order valence-electron chi connectivity index (χ3n) is 4.66. The SMILES string of the molecule is CCCOc1ccc(CNC(=NC)NCCc2cccc(C(=O)N(C)C)c2)cc1OC. The molecule has 0 saturated carbocycles. The van der Waals surface area contributed by atoms with Crippen molar-refractivity contribution >= 4 is 11.9 Å². The average Bonchev–Trinajstić information content (AvgIpc) is 2.79. The minimum atomic E-state index is 0.00817. The lowest BCUT2D eigenvalue weighted by molar-refractivity contribution is 0.0827. The highest BCUT2D eigenvalue weighted by atomic mass is 16.5. The summed E-state index contributed by atoms with van der Waals surface area (Å²) in [6.07, 6.45) is 1.73. The second-order valence-corrected chi connectivity index (χ2v) is 7.34. The Morgan fingerprint density at radius 3 is 2.55 bits per heavy atom. The molecule has 0 heterocycles. The predicted octanol–water partition coefficient (Wildman–Crippen LogP) is 3.09. The summed E-state index contributed by atoms with van der Waals surface area (Å²) >= 11 is 0. The van der Waals surface area contributed by atoms with Gasteiger partial charge in [-0.05, 0) is 48.2 Å². The van der Waals surface area contributed by atoms with Crippen molar-refractivity contribution in [3.8, 4) is 11.5 Å². The van der Waals surface area contributed by atoms with Gasteiger partial charge >= 0.3 is 0 Å². The van der Waals surface area contributed by atoms with Crippen LogP contribution in [0, 0.1) is 0 Å².